The normalized spacial score (nSPS) is 11.8. The lowest BCUT2D eigenvalue weighted by Crippen LogP contribution is -2.12. The second-order valence-corrected chi connectivity index (χ2v) is 7.05. The minimum atomic E-state index is -3.89. The Balaban J connectivity index is 2.40. The number of nitrogens with zero attached hydrogens (tertiary/aromatic N) is 3. The zero-order chi connectivity index (χ0) is 15.8. The van der Waals surface area contributed by atoms with Crippen LogP contribution in [0.5, 0.6) is 0 Å². The molecule has 0 amide bonds. The van der Waals surface area contributed by atoms with Gasteiger partial charge in [-0.3, -0.25) is 4.72 Å². The highest BCUT2D eigenvalue weighted by Gasteiger charge is 2.23. The van der Waals surface area contributed by atoms with Gasteiger partial charge in [-0.2, -0.15) is 4.37 Å². The molecule has 2 aromatic rings. The number of sulfonamides is 1. The van der Waals surface area contributed by atoms with Gasteiger partial charge in [-0.05, 0) is 26.8 Å². The molecule has 2 N–H and O–H groups in total. The van der Waals surface area contributed by atoms with Gasteiger partial charge in [0.25, 0.3) is 10.0 Å². The van der Waals surface area contributed by atoms with E-state index in [0.717, 1.165) is 17.6 Å². The molecule has 0 unspecified atom stereocenters. The minimum Gasteiger partial charge on any atom is -0.477 e. The number of hydrogen-bond acceptors (Lipinski definition) is 6. The fourth-order valence-corrected chi connectivity index (χ4v) is 3.53. The Morgan fingerprint density at radius 3 is 2.57 bits per heavy atom. The molecule has 2 aromatic heterocycles. The van der Waals surface area contributed by atoms with E-state index in [4.69, 9.17) is 5.11 Å². The van der Waals surface area contributed by atoms with Crippen LogP contribution in [0.4, 0.5) is 5.13 Å². The maximum Gasteiger partial charge on any atom is 0.352 e. The van der Waals surface area contributed by atoms with Crippen molar-refractivity contribution in [2.75, 3.05) is 4.72 Å². The van der Waals surface area contributed by atoms with E-state index in [1.807, 2.05) is 0 Å². The van der Waals surface area contributed by atoms with Crippen molar-refractivity contribution in [1.82, 2.24) is 13.9 Å². The van der Waals surface area contributed by atoms with Gasteiger partial charge in [-0.15, -0.1) is 0 Å². The van der Waals surface area contributed by atoms with Crippen molar-refractivity contribution < 1.29 is 18.3 Å². The van der Waals surface area contributed by atoms with Crippen LogP contribution in [0.1, 0.15) is 36.2 Å². The summed E-state index contributed by atoms with van der Waals surface area (Å²) in [6, 6.07) is 0.947. The SMILES string of the molecule is Cc1nsc(NS(=O)(=O)c2cc(C(=O)O)n(C(C)C)c2)n1. The highest BCUT2D eigenvalue weighted by Crippen LogP contribution is 2.22. The summed E-state index contributed by atoms with van der Waals surface area (Å²) in [6.45, 7) is 5.18. The summed E-state index contributed by atoms with van der Waals surface area (Å²) in [7, 11) is -3.89. The van der Waals surface area contributed by atoms with Crippen LogP contribution in [0.2, 0.25) is 0 Å². The van der Waals surface area contributed by atoms with Crippen LogP contribution >= 0.6 is 11.5 Å². The highest BCUT2D eigenvalue weighted by atomic mass is 32.2. The first-order valence-electron chi connectivity index (χ1n) is 5.99. The number of aromatic nitrogens is 3. The molecular formula is C11H14N4O4S2. The summed E-state index contributed by atoms with van der Waals surface area (Å²) in [5.41, 5.74) is -0.0844. The number of aromatic carboxylic acids is 1. The summed E-state index contributed by atoms with van der Waals surface area (Å²) < 4.78 is 32.0. The molecule has 0 radical (unpaired) electrons. The number of carbonyl (C=O) groups is 1. The predicted octanol–water partition coefficient (Wildman–Crippen LogP) is 1.73. The molecule has 2 heterocycles. The molecule has 0 fully saturated rings. The molecule has 0 saturated carbocycles. The van der Waals surface area contributed by atoms with E-state index in [-0.39, 0.29) is 21.8 Å². The first-order valence-corrected chi connectivity index (χ1v) is 8.24. The molecule has 21 heavy (non-hydrogen) atoms. The Hall–Kier alpha value is -1.94. The van der Waals surface area contributed by atoms with Gasteiger partial charge in [0, 0.05) is 23.8 Å². The van der Waals surface area contributed by atoms with E-state index in [1.54, 1.807) is 20.8 Å². The summed E-state index contributed by atoms with van der Waals surface area (Å²) in [4.78, 5) is 15.0. The molecule has 2 rings (SSSR count). The van der Waals surface area contributed by atoms with Gasteiger partial charge >= 0.3 is 5.97 Å². The maximum absolute atomic E-state index is 12.2. The van der Waals surface area contributed by atoms with E-state index in [2.05, 4.69) is 14.1 Å². The van der Waals surface area contributed by atoms with Gasteiger partial charge in [-0.1, -0.05) is 0 Å². The van der Waals surface area contributed by atoms with Gasteiger partial charge in [0.1, 0.15) is 16.4 Å². The average Bonchev–Trinajstić information content (AvgIpc) is 2.95. The highest BCUT2D eigenvalue weighted by molar-refractivity contribution is 7.93. The minimum absolute atomic E-state index is 0.0844. The predicted molar refractivity (Wildman–Crippen MR) is 77.2 cm³/mol. The van der Waals surface area contributed by atoms with Crippen molar-refractivity contribution in [3.05, 3.63) is 23.8 Å². The Kier molecular flexibility index (Phi) is 4.01. The molecule has 0 bridgehead atoms. The molecule has 0 aromatic carbocycles. The standard InChI is InChI=1S/C11H14N4O4S2/c1-6(2)15-5-8(4-9(15)10(16)17)21(18,19)14-11-12-7(3)13-20-11/h4-6H,1-3H3,(H,16,17)(H,12,13,14). The van der Waals surface area contributed by atoms with Crippen LogP contribution < -0.4 is 4.72 Å². The fourth-order valence-electron chi connectivity index (χ4n) is 1.71. The summed E-state index contributed by atoms with van der Waals surface area (Å²) in [5, 5.41) is 9.27. The van der Waals surface area contributed by atoms with Crippen molar-refractivity contribution in [3.8, 4) is 0 Å². The second kappa shape index (κ2) is 5.45. The smallest absolute Gasteiger partial charge is 0.352 e. The number of carboxylic acids is 1. The summed E-state index contributed by atoms with van der Waals surface area (Å²) >= 11 is 0.920. The monoisotopic (exact) mass is 330 g/mol. The molecule has 0 saturated heterocycles. The molecule has 0 aliphatic heterocycles. The van der Waals surface area contributed by atoms with Gasteiger partial charge in [0.15, 0.2) is 0 Å². The molecule has 0 aliphatic carbocycles. The van der Waals surface area contributed by atoms with Crippen LogP contribution in [0, 0.1) is 6.92 Å². The lowest BCUT2D eigenvalue weighted by atomic mass is 10.3. The Morgan fingerprint density at radius 1 is 1.48 bits per heavy atom. The van der Waals surface area contributed by atoms with E-state index in [1.165, 1.54) is 10.8 Å². The molecular weight excluding hydrogens is 316 g/mol. The van der Waals surface area contributed by atoms with Gasteiger partial charge < -0.3 is 9.67 Å². The topological polar surface area (TPSA) is 114 Å². The lowest BCUT2D eigenvalue weighted by Gasteiger charge is -2.09. The van der Waals surface area contributed by atoms with Crippen LogP contribution in [-0.4, -0.2) is 33.4 Å². The zero-order valence-corrected chi connectivity index (χ0v) is 13.2. The average molecular weight is 330 g/mol. The molecule has 8 nitrogen and oxygen atoms in total. The lowest BCUT2D eigenvalue weighted by molar-refractivity contribution is 0.0683. The number of carboxylic acid groups (broad SMARTS) is 1. The number of rotatable bonds is 5. The van der Waals surface area contributed by atoms with Crippen LogP contribution in [0.25, 0.3) is 0 Å². The van der Waals surface area contributed by atoms with Crippen molar-refractivity contribution in [1.29, 1.82) is 0 Å². The number of aryl methyl sites for hydroxylation is 1. The number of anilines is 1. The Labute approximate surface area is 125 Å². The van der Waals surface area contributed by atoms with Gasteiger partial charge in [0.2, 0.25) is 5.13 Å². The first-order chi connectivity index (χ1) is 9.70. The summed E-state index contributed by atoms with van der Waals surface area (Å²) in [5.74, 6) is -0.722. The zero-order valence-electron chi connectivity index (χ0n) is 11.6. The number of hydrogen-bond donors (Lipinski definition) is 2. The van der Waals surface area contributed by atoms with E-state index >= 15 is 0 Å². The van der Waals surface area contributed by atoms with Gasteiger partial charge in [-0.25, -0.2) is 18.2 Å². The molecule has 114 valence electrons. The van der Waals surface area contributed by atoms with Crippen LogP contribution in [0.3, 0.4) is 0 Å². The third kappa shape index (κ3) is 3.22. The molecule has 0 atom stereocenters. The quantitative estimate of drug-likeness (QED) is 0.863. The van der Waals surface area contributed by atoms with E-state index < -0.39 is 16.0 Å². The largest absolute Gasteiger partial charge is 0.477 e. The Bertz CT molecular complexity index is 776. The van der Waals surface area contributed by atoms with Crippen molar-refractivity contribution in [2.24, 2.45) is 0 Å². The maximum atomic E-state index is 12.2. The van der Waals surface area contributed by atoms with E-state index in [0.29, 0.717) is 5.82 Å². The number of nitrogens with one attached hydrogen (secondary N) is 1. The molecule has 0 spiro atoms. The fraction of sp³-hybridized carbons (Fsp3) is 0.364. The van der Waals surface area contributed by atoms with Crippen molar-refractivity contribution in [2.45, 2.75) is 31.7 Å². The summed E-state index contributed by atoms with van der Waals surface area (Å²) in [6.07, 6.45) is 1.30. The molecule has 0 aliphatic rings. The van der Waals surface area contributed by atoms with Crippen molar-refractivity contribution in [3.63, 3.8) is 0 Å². The Morgan fingerprint density at radius 2 is 2.14 bits per heavy atom. The second-order valence-electron chi connectivity index (χ2n) is 4.62. The van der Waals surface area contributed by atoms with E-state index in [9.17, 15) is 13.2 Å². The third-order valence-corrected chi connectivity index (χ3v) is 4.82. The molecule has 10 heteroatoms. The van der Waals surface area contributed by atoms with Gasteiger partial charge in [0.05, 0.1) is 0 Å². The van der Waals surface area contributed by atoms with Crippen molar-refractivity contribution >= 4 is 32.7 Å². The van der Waals surface area contributed by atoms with Crippen LogP contribution in [0.15, 0.2) is 17.2 Å². The first kappa shape index (κ1) is 15.4. The van der Waals surface area contributed by atoms with Crippen LogP contribution in [-0.2, 0) is 10.0 Å². The third-order valence-electron chi connectivity index (χ3n) is 2.66.